The van der Waals surface area contributed by atoms with Gasteiger partial charge >= 0.3 is 6.09 Å². The Labute approximate surface area is 242 Å². The summed E-state index contributed by atoms with van der Waals surface area (Å²) in [6.45, 7) is 7.93. The van der Waals surface area contributed by atoms with Crippen molar-refractivity contribution in [3.63, 3.8) is 0 Å². The van der Waals surface area contributed by atoms with Crippen molar-refractivity contribution >= 4 is 17.0 Å². The first-order chi connectivity index (χ1) is 19.7. The third-order valence-corrected chi connectivity index (χ3v) is 8.04. The minimum atomic E-state index is -0.566. The minimum Gasteiger partial charge on any atom is -0.496 e. The van der Waals surface area contributed by atoms with Crippen molar-refractivity contribution in [2.45, 2.75) is 84.0 Å². The summed E-state index contributed by atoms with van der Waals surface area (Å²) < 4.78 is 24.6. The van der Waals surface area contributed by atoms with Crippen LogP contribution < -0.4 is 19.8 Å². The maximum absolute atomic E-state index is 13.4. The van der Waals surface area contributed by atoms with E-state index < -0.39 is 5.60 Å². The van der Waals surface area contributed by atoms with Gasteiger partial charge in [0.15, 0.2) is 11.5 Å². The van der Waals surface area contributed by atoms with Gasteiger partial charge in [-0.15, -0.1) is 0 Å². The summed E-state index contributed by atoms with van der Waals surface area (Å²) in [6.07, 6.45) is 5.65. The molecule has 1 aromatic heterocycles. The molecule has 0 bridgehead atoms. The van der Waals surface area contributed by atoms with Crippen LogP contribution in [-0.2, 0) is 17.8 Å². The normalized spacial score (nSPS) is 18.6. The number of methoxy groups -OCH3 is 1. The lowest BCUT2D eigenvalue weighted by atomic mass is 9.82. The SMILES string of the molecule is COc1cc(=O)n(CCCC2CCC(N(Cc3ccc4c(c3)OCCO4)C(=O)OC(C)(C)C)CC2)c2ccccc12. The minimum absolute atomic E-state index is 0.0311. The van der Waals surface area contributed by atoms with Crippen LogP contribution in [0.5, 0.6) is 17.2 Å². The van der Waals surface area contributed by atoms with Gasteiger partial charge < -0.3 is 28.4 Å². The van der Waals surface area contributed by atoms with E-state index >= 15 is 0 Å². The third kappa shape index (κ3) is 6.97. The molecule has 1 amide bonds. The fourth-order valence-electron chi connectivity index (χ4n) is 6.03. The highest BCUT2D eigenvalue weighted by atomic mass is 16.6. The van der Waals surface area contributed by atoms with Gasteiger partial charge in [0.2, 0.25) is 0 Å². The molecule has 3 aromatic rings. The van der Waals surface area contributed by atoms with Crippen LogP contribution in [0.15, 0.2) is 53.3 Å². The molecule has 1 aliphatic carbocycles. The Morgan fingerprint density at radius 3 is 2.46 bits per heavy atom. The van der Waals surface area contributed by atoms with Crippen LogP contribution in [0.25, 0.3) is 10.9 Å². The Balaban J connectivity index is 1.21. The van der Waals surface area contributed by atoms with E-state index in [1.807, 2.05) is 72.7 Å². The third-order valence-electron chi connectivity index (χ3n) is 8.04. The first-order valence-corrected chi connectivity index (χ1v) is 14.8. The first-order valence-electron chi connectivity index (χ1n) is 14.8. The molecule has 8 nitrogen and oxygen atoms in total. The van der Waals surface area contributed by atoms with Gasteiger partial charge in [0.1, 0.15) is 24.6 Å². The molecule has 41 heavy (non-hydrogen) atoms. The monoisotopic (exact) mass is 562 g/mol. The molecular formula is C33H42N2O6. The molecule has 0 atom stereocenters. The molecule has 0 radical (unpaired) electrons. The van der Waals surface area contributed by atoms with E-state index in [1.54, 1.807) is 13.2 Å². The predicted molar refractivity (Wildman–Crippen MR) is 159 cm³/mol. The van der Waals surface area contributed by atoms with E-state index in [0.717, 1.165) is 66.5 Å². The van der Waals surface area contributed by atoms with Crippen molar-refractivity contribution < 1.29 is 23.7 Å². The Morgan fingerprint density at radius 1 is 1.00 bits per heavy atom. The smallest absolute Gasteiger partial charge is 0.410 e. The maximum atomic E-state index is 13.4. The Morgan fingerprint density at radius 2 is 1.73 bits per heavy atom. The van der Waals surface area contributed by atoms with E-state index in [9.17, 15) is 9.59 Å². The molecule has 220 valence electrons. The van der Waals surface area contributed by atoms with Crippen LogP contribution in [0.3, 0.4) is 0 Å². The number of nitrogens with zero attached hydrogens (tertiary/aromatic N) is 2. The topological polar surface area (TPSA) is 79.2 Å². The molecule has 2 aromatic carbocycles. The Hall–Kier alpha value is -3.68. The highest BCUT2D eigenvalue weighted by Gasteiger charge is 2.32. The highest BCUT2D eigenvalue weighted by molar-refractivity contribution is 5.85. The van der Waals surface area contributed by atoms with Crippen LogP contribution in [0.4, 0.5) is 4.79 Å². The number of aromatic nitrogens is 1. The lowest BCUT2D eigenvalue weighted by molar-refractivity contribution is 0.00772. The zero-order valence-electron chi connectivity index (χ0n) is 24.7. The molecule has 0 saturated heterocycles. The van der Waals surface area contributed by atoms with Crippen molar-refractivity contribution in [1.29, 1.82) is 0 Å². The zero-order valence-corrected chi connectivity index (χ0v) is 24.7. The fraction of sp³-hybridized carbons (Fsp3) is 0.515. The molecule has 1 aliphatic heterocycles. The summed E-state index contributed by atoms with van der Waals surface area (Å²) in [4.78, 5) is 28.1. The van der Waals surface area contributed by atoms with Crippen molar-refractivity contribution in [3.8, 4) is 17.2 Å². The quantitative estimate of drug-likeness (QED) is 0.310. The van der Waals surface area contributed by atoms with Gasteiger partial charge in [0, 0.05) is 30.6 Å². The molecule has 5 rings (SSSR count). The molecule has 1 fully saturated rings. The van der Waals surface area contributed by atoms with Crippen molar-refractivity contribution in [2.75, 3.05) is 20.3 Å². The number of amides is 1. The number of hydrogen-bond donors (Lipinski definition) is 0. The van der Waals surface area contributed by atoms with E-state index in [-0.39, 0.29) is 17.7 Å². The summed E-state index contributed by atoms with van der Waals surface area (Å²) in [5, 5.41) is 0.954. The Bertz CT molecular complexity index is 1420. The van der Waals surface area contributed by atoms with Crippen molar-refractivity contribution in [1.82, 2.24) is 9.47 Å². The number of pyridine rings is 1. The molecule has 2 heterocycles. The van der Waals surface area contributed by atoms with Gasteiger partial charge in [-0.3, -0.25) is 4.79 Å². The summed E-state index contributed by atoms with van der Waals surface area (Å²) in [5.41, 5.74) is 1.31. The molecule has 0 unspecified atom stereocenters. The molecule has 1 saturated carbocycles. The van der Waals surface area contributed by atoms with Crippen LogP contribution >= 0.6 is 0 Å². The molecular weight excluding hydrogens is 520 g/mol. The van der Waals surface area contributed by atoms with Crippen LogP contribution in [0.2, 0.25) is 0 Å². The predicted octanol–water partition coefficient (Wildman–Crippen LogP) is 6.56. The number of ether oxygens (including phenoxy) is 4. The highest BCUT2D eigenvalue weighted by Crippen LogP contribution is 2.35. The average Bonchev–Trinajstić information content (AvgIpc) is 2.96. The molecule has 0 N–H and O–H groups in total. The maximum Gasteiger partial charge on any atom is 0.410 e. The number of carbonyl (C=O) groups is 1. The number of rotatable bonds is 8. The number of aryl methyl sites for hydroxylation is 1. The summed E-state index contributed by atoms with van der Waals surface area (Å²) in [5.74, 6) is 2.66. The second kappa shape index (κ2) is 12.5. The van der Waals surface area contributed by atoms with Crippen LogP contribution in [0, 0.1) is 5.92 Å². The standard InChI is InChI=1S/C33H42N2O6/c1-33(2,3)41-32(37)35(22-24-13-16-28-30(20-24)40-19-18-39-28)25-14-11-23(12-15-25)8-7-17-34-27-10-6-5-9-26(27)29(38-4)21-31(34)36/h5-6,9-10,13,16,20-21,23,25H,7-8,11-12,14-15,17-19,22H2,1-4H3. The van der Waals surface area contributed by atoms with E-state index in [4.69, 9.17) is 18.9 Å². The van der Waals surface area contributed by atoms with Gasteiger partial charge in [-0.1, -0.05) is 18.2 Å². The second-order valence-corrected chi connectivity index (χ2v) is 12.1. The number of para-hydroxylation sites is 1. The van der Waals surface area contributed by atoms with Crippen molar-refractivity contribution in [2.24, 2.45) is 5.92 Å². The van der Waals surface area contributed by atoms with Gasteiger partial charge in [0.25, 0.3) is 5.56 Å². The molecule has 2 aliphatic rings. The first kappa shape index (κ1) is 28.8. The lowest BCUT2D eigenvalue weighted by Crippen LogP contribution is -2.44. The van der Waals surface area contributed by atoms with Crippen LogP contribution in [0.1, 0.15) is 64.9 Å². The van der Waals surface area contributed by atoms with Gasteiger partial charge in [-0.2, -0.15) is 0 Å². The van der Waals surface area contributed by atoms with Gasteiger partial charge in [-0.05, 0) is 95.0 Å². The summed E-state index contributed by atoms with van der Waals surface area (Å²) in [6, 6.07) is 15.5. The molecule has 8 heteroatoms. The Kier molecular flexibility index (Phi) is 8.76. The second-order valence-electron chi connectivity index (χ2n) is 12.1. The number of carbonyl (C=O) groups excluding carboxylic acids is 1. The largest absolute Gasteiger partial charge is 0.496 e. The number of benzene rings is 2. The lowest BCUT2D eigenvalue weighted by Gasteiger charge is -2.38. The van der Waals surface area contributed by atoms with Gasteiger partial charge in [0.05, 0.1) is 12.6 Å². The number of hydrogen-bond acceptors (Lipinski definition) is 6. The van der Waals surface area contributed by atoms with E-state index in [2.05, 4.69) is 0 Å². The summed E-state index contributed by atoms with van der Waals surface area (Å²) in [7, 11) is 1.60. The van der Waals surface area contributed by atoms with Crippen LogP contribution in [-0.4, -0.2) is 47.5 Å². The fourth-order valence-corrected chi connectivity index (χ4v) is 6.03. The van der Waals surface area contributed by atoms with E-state index in [1.165, 1.54) is 0 Å². The average molecular weight is 563 g/mol. The van der Waals surface area contributed by atoms with Gasteiger partial charge in [-0.25, -0.2) is 4.79 Å². The number of fused-ring (bicyclic) bond motifs is 2. The van der Waals surface area contributed by atoms with E-state index in [0.29, 0.717) is 38.0 Å². The summed E-state index contributed by atoms with van der Waals surface area (Å²) >= 11 is 0. The zero-order chi connectivity index (χ0) is 29.0. The van der Waals surface area contributed by atoms with Crippen molar-refractivity contribution in [3.05, 3.63) is 64.4 Å². The molecule has 0 spiro atoms.